The highest BCUT2D eigenvalue weighted by molar-refractivity contribution is 14.0. The number of nitrogens with two attached hydrogens (primary N) is 1. The van der Waals surface area contributed by atoms with Gasteiger partial charge < -0.3 is 16.4 Å². The Hall–Kier alpha value is -2.14. The second-order valence-electron chi connectivity index (χ2n) is 7.77. The predicted molar refractivity (Wildman–Crippen MR) is 134 cm³/mol. The molecule has 1 saturated heterocycles. The van der Waals surface area contributed by atoms with Gasteiger partial charge in [0.05, 0.1) is 5.92 Å². The van der Waals surface area contributed by atoms with E-state index in [1.54, 1.807) is 13.2 Å². The molecule has 1 atom stereocenters. The zero-order valence-corrected chi connectivity index (χ0v) is 20.5. The Morgan fingerprint density at radius 3 is 2.87 bits per heavy atom. The van der Waals surface area contributed by atoms with E-state index >= 15 is 0 Å². The van der Waals surface area contributed by atoms with Crippen LogP contribution in [0.4, 0.5) is 0 Å². The molecule has 170 valence electrons. The quantitative estimate of drug-likeness (QED) is 0.196. The lowest BCUT2D eigenvalue weighted by Gasteiger charge is -2.31. The van der Waals surface area contributed by atoms with Crippen LogP contribution in [0.2, 0.25) is 0 Å². The number of piperidine rings is 1. The summed E-state index contributed by atoms with van der Waals surface area (Å²) in [4.78, 5) is 18.1. The number of hydrogen-bond donors (Lipinski definition) is 3. The van der Waals surface area contributed by atoms with Crippen molar-refractivity contribution in [3.8, 4) is 0 Å². The lowest BCUT2D eigenvalue weighted by atomic mass is 9.97. The van der Waals surface area contributed by atoms with E-state index in [-0.39, 0.29) is 35.8 Å². The van der Waals surface area contributed by atoms with Crippen molar-refractivity contribution in [1.29, 1.82) is 0 Å². The van der Waals surface area contributed by atoms with E-state index in [4.69, 9.17) is 5.73 Å². The number of guanidine groups is 1. The first-order valence-corrected chi connectivity index (χ1v) is 10.7. The van der Waals surface area contributed by atoms with Crippen molar-refractivity contribution in [3.63, 3.8) is 0 Å². The van der Waals surface area contributed by atoms with Crippen molar-refractivity contribution in [1.82, 2.24) is 25.3 Å². The van der Waals surface area contributed by atoms with Gasteiger partial charge in [-0.25, -0.2) is 0 Å². The molecule has 1 aliphatic rings. The van der Waals surface area contributed by atoms with Crippen molar-refractivity contribution < 1.29 is 4.79 Å². The normalized spacial score (nSPS) is 17.1. The minimum absolute atomic E-state index is 0. The Kier molecular flexibility index (Phi) is 10.8. The van der Waals surface area contributed by atoms with Crippen LogP contribution < -0.4 is 16.4 Å². The third-order valence-electron chi connectivity index (χ3n) is 5.40. The van der Waals surface area contributed by atoms with Gasteiger partial charge in [-0.2, -0.15) is 5.10 Å². The van der Waals surface area contributed by atoms with Gasteiger partial charge in [0.25, 0.3) is 0 Å². The number of nitrogens with one attached hydrogen (secondary N) is 2. The monoisotopic (exact) mass is 539 g/mol. The summed E-state index contributed by atoms with van der Waals surface area (Å²) < 4.78 is 1.93. The summed E-state index contributed by atoms with van der Waals surface area (Å²) in [5.41, 5.74) is 7.96. The number of aliphatic imine (C=N–C) groups is 1. The summed E-state index contributed by atoms with van der Waals surface area (Å²) in [5, 5.41) is 10.9. The van der Waals surface area contributed by atoms with Gasteiger partial charge in [0.1, 0.15) is 0 Å². The highest BCUT2D eigenvalue weighted by Crippen LogP contribution is 2.18. The zero-order chi connectivity index (χ0) is 21.2. The van der Waals surface area contributed by atoms with E-state index in [0.717, 1.165) is 57.9 Å². The number of rotatable bonds is 9. The number of carbonyl (C=O) groups excluding carboxylic acids is 1. The minimum Gasteiger partial charge on any atom is -0.369 e. The largest absolute Gasteiger partial charge is 0.369 e. The fourth-order valence-electron chi connectivity index (χ4n) is 3.81. The first-order valence-electron chi connectivity index (χ1n) is 10.7. The summed E-state index contributed by atoms with van der Waals surface area (Å²) in [6, 6.07) is 10.5. The molecular formula is C22H34IN7O. The molecule has 8 nitrogen and oxygen atoms in total. The molecule has 1 amide bonds. The van der Waals surface area contributed by atoms with Crippen molar-refractivity contribution in [2.24, 2.45) is 16.6 Å². The molecule has 3 rings (SSSR count). The second-order valence-corrected chi connectivity index (χ2v) is 7.77. The summed E-state index contributed by atoms with van der Waals surface area (Å²) in [5.74, 6) is 0.591. The number of aryl methyl sites for hydroxylation is 1. The van der Waals surface area contributed by atoms with Crippen LogP contribution in [-0.2, 0) is 24.4 Å². The molecule has 1 unspecified atom stereocenters. The van der Waals surface area contributed by atoms with Gasteiger partial charge in [-0.15, -0.1) is 24.0 Å². The Labute approximate surface area is 201 Å². The van der Waals surface area contributed by atoms with Crippen LogP contribution in [-0.4, -0.2) is 53.2 Å². The van der Waals surface area contributed by atoms with Gasteiger partial charge in [-0.05, 0) is 43.0 Å². The molecule has 31 heavy (non-hydrogen) atoms. The van der Waals surface area contributed by atoms with E-state index in [0.29, 0.717) is 6.54 Å². The van der Waals surface area contributed by atoms with E-state index in [2.05, 4.69) is 49.9 Å². The number of amides is 1. The Morgan fingerprint density at radius 1 is 1.29 bits per heavy atom. The number of carbonyl (C=O) groups is 1. The van der Waals surface area contributed by atoms with Gasteiger partial charge >= 0.3 is 0 Å². The molecule has 0 saturated carbocycles. The highest BCUT2D eigenvalue weighted by Gasteiger charge is 2.23. The van der Waals surface area contributed by atoms with Crippen molar-refractivity contribution >= 4 is 35.8 Å². The van der Waals surface area contributed by atoms with Crippen LogP contribution in [0.15, 0.2) is 47.7 Å². The molecule has 1 aliphatic heterocycles. The van der Waals surface area contributed by atoms with Gasteiger partial charge in [-0.3, -0.25) is 19.4 Å². The second kappa shape index (κ2) is 13.3. The molecule has 0 aliphatic carbocycles. The molecular weight excluding hydrogens is 505 g/mol. The predicted octanol–water partition coefficient (Wildman–Crippen LogP) is 1.95. The van der Waals surface area contributed by atoms with Crippen molar-refractivity contribution in [3.05, 3.63) is 53.9 Å². The van der Waals surface area contributed by atoms with Crippen LogP contribution in [0.1, 0.15) is 30.4 Å². The number of nitrogens with zero attached hydrogens (tertiary/aromatic N) is 4. The molecule has 4 N–H and O–H groups in total. The number of halogens is 1. The summed E-state index contributed by atoms with van der Waals surface area (Å²) >= 11 is 0. The number of benzene rings is 1. The molecule has 2 aromatic rings. The van der Waals surface area contributed by atoms with Crippen molar-refractivity contribution in [2.45, 2.75) is 38.9 Å². The Bertz CT molecular complexity index is 825. The first kappa shape index (κ1) is 25.1. The van der Waals surface area contributed by atoms with E-state index in [1.165, 1.54) is 11.1 Å². The first-order chi connectivity index (χ1) is 14.6. The van der Waals surface area contributed by atoms with Crippen molar-refractivity contribution in [2.75, 3.05) is 26.7 Å². The Morgan fingerprint density at radius 2 is 2.13 bits per heavy atom. The van der Waals surface area contributed by atoms with Crippen LogP contribution in [0.5, 0.6) is 0 Å². The summed E-state index contributed by atoms with van der Waals surface area (Å²) in [7, 11) is 1.78. The lowest BCUT2D eigenvalue weighted by molar-refractivity contribution is -0.123. The maximum atomic E-state index is 11.5. The van der Waals surface area contributed by atoms with E-state index in [1.807, 2.05) is 16.9 Å². The van der Waals surface area contributed by atoms with Crippen LogP contribution in [0.25, 0.3) is 0 Å². The standard InChI is InChI=1S/C22H33N7O.HI/c1-24-22(25-9-4-12-29-13-5-10-27-29)26-15-18-6-2-7-19(14-18)16-28-11-3-8-20(17-28)21(23)30;/h2,5-7,10,13-14,20H,3-4,8-9,11-12,15-17H2,1H3,(H2,23,30)(H2,24,25,26);1H. The molecule has 1 aromatic carbocycles. The topological polar surface area (TPSA) is 101 Å². The summed E-state index contributed by atoms with van der Waals surface area (Å²) in [6.45, 7) is 5.03. The van der Waals surface area contributed by atoms with Gasteiger partial charge in [0, 0.05) is 52.2 Å². The SMILES string of the molecule is CN=C(NCCCn1cccn1)NCc1cccc(CN2CCCC(C(N)=O)C2)c1.I. The molecule has 1 aromatic heterocycles. The smallest absolute Gasteiger partial charge is 0.221 e. The van der Waals surface area contributed by atoms with Crippen LogP contribution in [0, 0.1) is 5.92 Å². The summed E-state index contributed by atoms with van der Waals surface area (Å²) in [6.07, 6.45) is 6.67. The van der Waals surface area contributed by atoms with Crippen LogP contribution in [0.3, 0.4) is 0 Å². The molecule has 9 heteroatoms. The maximum absolute atomic E-state index is 11.5. The number of hydrogen-bond acceptors (Lipinski definition) is 4. The lowest BCUT2D eigenvalue weighted by Crippen LogP contribution is -2.40. The average molecular weight is 539 g/mol. The molecule has 2 heterocycles. The fraction of sp³-hybridized carbons (Fsp3) is 0.500. The van der Waals surface area contributed by atoms with Crippen LogP contribution >= 0.6 is 24.0 Å². The number of likely N-dealkylation sites (tertiary alicyclic amines) is 1. The van der Waals surface area contributed by atoms with Gasteiger partial charge in [-0.1, -0.05) is 24.3 Å². The molecule has 0 radical (unpaired) electrons. The zero-order valence-electron chi connectivity index (χ0n) is 18.2. The average Bonchev–Trinajstić information content (AvgIpc) is 3.27. The number of aromatic nitrogens is 2. The third kappa shape index (κ3) is 8.48. The highest BCUT2D eigenvalue weighted by atomic mass is 127. The fourth-order valence-corrected chi connectivity index (χ4v) is 3.81. The molecule has 1 fully saturated rings. The van der Waals surface area contributed by atoms with Gasteiger partial charge in [0.2, 0.25) is 5.91 Å². The Balaban J connectivity index is 0.00000341. The molecule has 0 spiro atoms. The maximum Gasteiger partial charge on any atom is 0.221 e. The van der Waals surface area contributed by atoms with E-state index in [9.17, 15) is 4.79 Å². The number of primary amides is 1. The minimum atomic E-state index is -0.179. The third-order valence-corrected chi connectivity index (χ3v) is 5.40. The van der Waals surface area contributed by atoms with Gasteiger partial charge in [0.15, 0.2) is 5.96 Å². The van der Waals surface area contributed by atoms with E-state index < -0.39 is 0 Å². The molecule has 0 bridgehead atoms.